The van der Waals surface area contributed by atoms with Gasteiger partial charge in [-0.05, 0) is 75.2 Å². The van der Waals surface area contributed by atoms with Crippen LogP contribution in [0, 0.1) is 34.8 Å². The van der Waals surface area contributed by atoms with Crippen molar-refractivity contribution in [2.75, 3.05) is 13.1 Å². The van der Waals surface area contributed by atoms with Gasteiger partial charge in [0, 0.05) is 30.8 Å². The number of fused-ring (bicyclic) bond motifs is 6. The minimum absolute atomic E-state index is 0.0462. The Labute approximate surface area is 228 Å². The molecule has 5 rings (SSSR count). The van der Waals surface area contributed by atoms with E-state index in [0.717, 1.165) is 18.5 Å². The van der Waals surface area contributed by atoms with Crippen LogP contribution >= 0.6 is 0 Å². The van der Waals surface area contributed by atoms with Crippen molar-refractivity contribution in [2.45, 2.75) is 110 Å². The summed E-state index contributed by atoms with van der Waals surface area (Å²) in [5.74, 6) is 0.620. The zero-order valence-corrected chi connectivity index (χ0v) is 23.9. The number of aromatic nitrogens is 3. The largest absolute Gasteiger partial charge is 0.382 e. The van der Waals surface area contributed by atoms with Crippen LogP contribution in [0.3, 0.4) is 0 Å². The number of nitrogens with zero attached hydrogens (tertiary/aromatic N) is 4. The standard InChI is InChI=1S/C31H48F2N4O/c1-5-6-14-30(4)15-8-7-9-24-10-11-26(30)16-25(24)18-36(23(2)3)19-31(38,20-37-22-34-21-35-37)28-13-12-27(32)17-29(28)33/h12-13,17,21-26,38H,5-11,14-16,18-20H2,1-4H3. The molecule has 5 unspecified atom stereocenters. The monoisotopic (exact) mass is 530 g/mol. The van der Waals surface area contributed by atoms with Crippen molar-refractivity contribution in [2.24, 2.45) is 23.2 Å². The van der Waals surface area contributed by atoms with Crippen molar-refractivity contribution in [3.63, 3.8) is 0 Å². The molecule has 3 saturated carbocycles. The van der Waals surface area contributed by atoms with E-state index in [9.17, 15) is 9.50 Å². The summed E-state index contributed by atoms with van der Waals surface area (Å²) in [4.78, 5) is 6.33. The van der Waals surface area contributed by atoms with Crippen molar-refractivity contribution in [1.29, 1.82) is 0 Å². The summed E-state index contributed by atoms with van der Waals surface area (Å²) in [6, 6.07) is 3.62. The third kappa shape index (κ3) is 6.82. The van der Waals surface area contributed by atoms with Crippen LogP contribution in [-0.2, 0) is 12.1 Å². The van der Waals surface area contributed by atoms with E-state index >= 15 is 4.39 Å². The van der Waals surface area contributed by atoms with Gasteiger partial charge in [0.15, 0.2) is 0 Å². The summed E-state index contributed by atoms with van der Waals surface area (Å²) in [6.07, 6.45) is 15.9. The van der Waals surface area contributed by atoms with Crippen LogP contribution in [0.25, 0.3) is 0 Å². The minimum atomic E-state index is -1.58. The van der Waals surface area contributed by atoms with Crippen molar-refractivity contribution >= 4 is 0 Å². The first kappa shape index (κ1) is 29.1. The first-order valence-electron chi connectivity index (χ1n) is 14.9. The summed E-state index contributed by atoms with van der Waals surface area (Å²) in [7, 11) is 0. The topological polar surface area (TPSA) is 54.2 Å². The molecule has 38 heavy (non-hydrogen) atoms. The van der Waals surface area contributed by atoms with E-state index in [4.69, 9.17) is 0 Å². The summed E-state index contributed by atoms with van der Waals surface area (Å²) in [6.45, 7) is 10.3. The van der Waals surface area contributed by atoms with Gasteiger partial charge in [0.05, 0.1) is 6.54 Å². The molecule has 3 aliphatic carbocycles. The van der Waals surface area contributed by atoms with E-state index in [1.165, 1.54) is 93.7 Å². The maximum atomic E-state index is 15.1. The van der Waals surface area contributed by atoms with E-state index in [1.54, 1.807) is 0 Å². The Balaban J connectivity index is 1.59. The van der Waals surface area contributed by atoms with Crippen LogP contribution in [0.4, 0.5) is 8.78 Å². The predicted molar refractivity (Wildman–Crippen MR) is 147 cm³/mol. The number of rotatable bonds is 11. The Morgan fingerprint density at radius 3 is 2.71 bits per heavy atom. The van der Waals surface area contributed by atoms with Crippen LogP contribution in [0.15, 0.2) is 30.9 Å². The normalized spacial score (nSPS) is 27.8. The number of benzene rings is 1. The lowest BCUT2D eigenvalue weighted by molar-refractivity contribution is -0.0409. The molecule has 3 fully saturated rings. The zero-order valence-electron chi connectivity index (χ0n) is 23.9. The Bertz CT molecular complexity index is 1020. The highest BCUT2D eigenvalue weighted by Gasteiger charge is 2.43. The van der Waals surface area contributed by atoms with E-state index in [1.807, 2.05) is 0 Å². The molecule has 2 bridgehead atoms. The second-order valence-corrected chi connectivity index (χ2v) is 12.8. The predicted octanol–water partition coefficient (Wildman–Crippen LogP) is 6.96. The van der Waals surface area contributed by atoms with E-state index in [-0.39, 0.29) is 24.7 Å². The van der Waals surface area contributed by atoms with Crippen LogP contribution in [0.5, 0.6) is 0 Å². The summed E-state index contributed by atoms with van der Waals surface area (Å²) < 4.78 is 30.4. The molecule has 0 amide bonds. The first-order chi connectivity index (χ1) is 18.1. The average molecular weight is 531 g/mol. The second-order valence-electron chi connectivity index (χ2n) is 12.8. The maximum Gasteiger partial charge on any atom is 0.137 e. The third-order valence-electron chi connectivity index (χ3n) is 9.79. The Morgan fingerprint density at radius 2 is 2.03 bits per heavy atom. The van der Waals surface area contributed by atoms with E-state index in [2.05, 4.69) is 42.7 Å². The van der Waals surface area contributed by atoms with Crippen molar-refractivity contribution < 1.29 is 13.9 Å². The van der Waals surface area contributed by atoms with Crippen LogP contribution in [0.2, 0.25) is 0 Å². The smallest absolute Gasteiger partial charge is 0.137 e. The molecule has 0 spiro atoms. The molecule has 0 aliphatic heterocycles. The lowest BCUT2D eigenvalue weighted by Gasteiger charge is -2.46. The number of hydrogen-bond acceptors (Lipinski definition) is 4. The average Bonchev–Trinajstić information content (AvgIpc) is 3.40. The fourth-order valence-corrected chi connectivity index (χ4v) is 7.38. The Kier molecular flexibility index (Phi) is 9.62. The lowest BCUT2D eigenvalue weighted by Crippen LogP contribution is -2.50. The van der Waals surface area contributed by atoms with E-state index in [0.29, 0.717) is 17.3 Å². The zero-order chi connectivity index (χ0) is 27.3. The molecule has 7 heteroatoms. The van der Waals surface area contributed by atoms with Gasteiger partial charge in [-0.3, -0.25) is 4.90 Å². The fraction of sp³-hybridized carbons (Fsp3) is 0.742. The molecule has 1 heterocycles. The molecule has 1 aromatic heterocycles. The molecule has 3 aliphatic rings. The van der Waals surface area contributed by atoms with Gasteiger partial charge in [-0.2, -0.15) is 5.10 Å². The first-order valence-corrected chi connectivity index (χ1v) is 14.9. The second kappa shape index (κ2) is 12.5. The summed E-state index contributed by atoms with van der Waals surface area (Å²) in [5, 5.41) is 16.2. The quantitative estimate of drug-likeness (QED) is 0.341. The highest BCUT2D eigenvalue weighted by atomic mass is 19.1. The third-order valence-corrected chi connectivity index (χ3v) is 9.79. The van der Waals surface area contributed by atoms with E-state index < -0.39 is 17.2 Å². The van der Waals surface area contributed by atoms with Gasteiger partial charge in [-0.25, -0.2) is 18.4 Å². The summed E-state index contributed by atoms with van der Waals surface area (Å²) >= 11 is 0. The van der Waals surface area contributed by atoms with Gasteiger partial charge in [0.25, 0.3) is 0 Å². The molecular weight excluding hydrogens is 482 g/mol. The molecule has 0 radical (unpaired) electrons. The Morgan fingerprint density at radius 1 is 1.21 bits per heavy atom. The minimum Gasteiger partial charge on any atom is -0.382 e. The molecule has 5 nitrogen and oxygen atoms in total. The highest BCUT2D eigenvalue weighted by molar-refractivity contribution is 5.26. The molecule has 0 saturated heterocycles. The van der Waals surface area contributed by atoms with Gasteiger partial charge >= 0.3 is 0 Å². The van der Waals surface area contributed by atoms with Crippen LogP contribution in [-0.4, -0.2) is 43.9 Å². The highest BCUT2D eigenvalue weighted by Crippen LogP contribution is 2.51. The summed E-state index contributed by atoms with van der Waals surface area (Å²) in [5.41, 5.74) is -1.07. The molecule has 2 aromatic rings. The molecule has 1 aromatic carbocycles. The molecule has 1 N–H and O–H groups in total. The van der Waals surface area contributed by atoms with Crippen molar-refractivity contribution in [3.8, 4) is 0 Å². The van der Waals surface area contributed by atoms with Crippen molar-refractivity contribution in [1.82, 2.24) is 19.7 Å². The fourth-order valence-electron chi connectivity index (χ4n) is 7.38. The maximum absolute atomic E-state index is 15.1. The van der Waals surface area contributed by atoms with Crippen LogP contribution in [0.1, 0.15) is 97.5 Å². The molecular formula is C31H48F2N4O. The van der Waals surface area contributed by atoms with Gasteiger partial charge < -0.3 is 5.11 Å². The molecule has 5 atom stereocenters. The Hall–Kier alpha value is -1.86. The molecule has 212 valence electrons. The van der Waals surface area contributed by atoms with Gasteiger partial charge in [0.1, 0.15) is 29.9 Å². The number of hydrogen-bond donors (Lipinski definition) is 1. The lowest BCUT2D eigenvalue weighted by atomic mass is 9.61. The van der Waals surface area contributed by atoms with Gasteiger partial charge in [-0.15, -0.1) is 0 Å². The number of halogens is 2. The number of unbranched alkanes of at least 4 members (excludes halogenated alkanes) is 1. The van der Waals surface area contributed by atoms with Gasteiger partial charge in [-0.1, -0.05) is 52.0 Å². The number of aliphatic hydroxyl groups is 1. The van der Waals surface area contributed by atoms with Crippen LogP contribution < -0.4 is 0 Å². The van der Waals surface area contributed by atoms with Gasteiger partial charge in [0.2, 0.25) is 0 Å². The van der Waals surface area contributed by atoms with Crippen molar-refractivity contribution in [3.05, 3.63) is 48.1 Å². The SMILES string of the molecule is CCCCC1(C)CCCCC2CCC1CC2CN(CC(O)(Cn1cncn1)c1ccc(F)cc1F)C(C)C.